The summed E-state index contributed by atoms with van der Waals surface area (Å²) in [7, 11) is 0. The lowest BCUT2D eigenvalue weighted by molar-refractivity contribution is 0.218. The molecule has 2 rings (SSSR count). The lowest BCUT2D eigenvalue weighted by atomic mass is 10.1. The Morgan fingerprint density at radius 2 is 1.74 bits per heavy atom. The van der Waals surface area contributed by atoms with Crippen molar-refractivity contribution in [3.8, 4) is 0 Å². The third kappa shape index (κ3) is 3.36. The first kappa shape index (κ1) is 13.2. The highest BCUT2D eigenvalue weighted by atomic mass is 16.7. The molecule has 0 aliphatic rings. The monoisotopic (exact) mass is 254 g/mol. The second-order valence-corrected chi connectivity index (χ2v) is 4.36. The first-order valence-electron chi connectivity index (χ1n) is 6.18. The Morgan fingerprint density at radius 1 is 1.00 bits per heavy atom. The molecule has 98 valence electrons. The Balaban J connectivity index is 2.04. The lowest BCUT2D eigenvalue weighted by Crippen LogP contribution is -2.29. The number of anilines is 1. The smallest absolute Gasteiger partial charge is 0.122 e. The normalized spacial score (nSPS) is 10.7. The molecule has 19 heavy (non-hydrogen) atoms. The predicted octanol–water partition coefficient (Wildman–Crippen LogP) is 3.59. The van der Waals surface area contributed by atoms with Crippen LogP contribution in [-0.2, 0) is 4.84 Å². The molecule has 2 aromatic carbocycles. The highest BCUT2D eigenvalue weighted by Gasteiger charge is 2.06. The molecule has 0 atom stereocenters. The number of hydrogen-bond acceptors (Lipinski definition) is 3. The van der Waals surface area contributed by atoms with Gasteiger partial charge < -0.3 is 4.84 Å². The molecule has 0 aliphatic carbocycles. The third-order valence-electron chi connectivity index (χ3n) is 3.05. The summed E-state index contributed by atoms with van der Waals surface area (Å²) in [6, 6.07) is 15.9. The summed E-state index contributed by atoms with van der Waals surface area (Å²) < 4.78 is 0. The van der Waals surface area contributed by atoms with Gasteiger partial charge in [0.25, 0.3) is 0 Å². The second kappa shape index (κ2) is 6.07. The minimum atomic E-state index is 0.859. The Morgan fingerprint density at radius 3 is 2.47 bits per heavy atom. The zero-order chi connectivity index (χ0) is 13.7. The zero-order valence-electron chi connectivity index (χ0n) is 11.2. The quantitative estimate of drug-likeness (QED) is 0.515. The van der Waals surface area contributed by atoms with Gasteiger partial charge in [-0.3, -0.25) is 0 Å². The van der Waals surface area contributed by atoms with Crippen molar-refractivity contribution in [3.63, 3.8) is 0 Å². The standard InChI is InChI=1S/C16H18N2O/c1-13-7-6-10-16(14(13)2)18(17)19-12-11-15-8-4-3-5-9-15/h3-12H,17H2,1-2H3. The van der Waals surface area contributed by atoms with Gasteiger partial charge in [-0.05, 0) is 42.7 Å². The number of nitrogens with two attached hydrogens (primary N) is 1. The summed E-state index contributed by atoms with van der Waals surface area (Å²) in [4.78, 5) is 5.40. The van der Waals surface area contributed by atoms with Crippen LogP contribution in [0.1, 0.15) is 16.7 Å². The fourth-order valence-electron chi connectivity index (χ4n) is 1.77. The molecule has 0 amide bonds. The van der Waals surface area contributed by atoms with E-state index in [0.29, 0.717) is 0 Å². The van der Waals surface area contributed by atoms with Crippen LogP contribution in [0.5, 0.6) is 0 Å². The molecule has 0 saturated heterocycles. The van der Waals surface area contributed by atoms with Gasteiger partial charge in [-0.1, -0.05) is 42.5 Å². The van der Waals surface area contributed by atoms with Gasteiger partial charge in [0, 0.05) is 0 Å². The van der Waals surface area contributed by atoms with E-state index in [4.69, 9.17) is 10.7 Å². The second-order valence-electron chi connectivity index (χ2n) is 4.36. The number of nitrogens with zero attached hydrogens (tertiary/aromatic N) is 1. The topological polar surface area (TPSA) is 38.5 Å². The van der Waals surface area contributed by atoms with E-state index in [2.05, 4.69) is 0 Å². The van der Waals surface area contributed by atoms with E-state index < -0.39 is 0 Å². The minimum Gasteiger partial charge on any atom is -0.372 e. The molecule has 0 saturated carbocycles. The fraction of sp³-hybridized carbons (Fsp3) is 0.125. The van der Waals surface area contributed by atoms with E-state index in [1.165, 1.54) is 10.7 Å². The average molecular weight is 254 g/mol. The summed E-state index contributed by atoms with van der Waals surface area (Å²) in [6.07, 6.45) is 3.45. The summed E-state index contributed by atoms with van der Waals surface area (Å²) in [5.41, 5.74) is 4.22. The van der Waals surface area contributed by atoms with Gasteiger partial charge in [0.1, 0.15) is 6.26 Å². The van der Waals surface area contributed by atoms with Gasteiger partial charge >= 0.3 is 0 Å². The molecule has 0 unspecified atom stereocenters. The van der Waals surface area contributed by atoms with Gasteiger partial charge in [0.2, 0.25) is 0 Å². The van der Waals surface area contributed by atoms with Gasteiger partial charge in [0.15, 0.2) is 0 Å². The van der Waals surface area contributed by atoms with Crippen molar-refractivity contribution in [2.45, 2.75) is 13.8 Å². The molecular formula is C16H18N2O. The molecule has 0 heterocycles. The number of rotatable bonds is 4. The van der Waals surface area contributed by atoms with Crippen LogP contribution in [0.4, 0.5) is 5.69 Å². The van der Waals surface area contributed by atoms with Crippen LogP contribution >= 0.6 is 0 Å². The highest BCUT2D eigenvalue weighted by Crippen LogP contribution is 2.20. The lowest BCUT2D eigenvalue weighted by Gasteiger charge is -2.19. The summed E-state index contributed by atoms with van der Waals surface area (Å²) in [5, 5.41) is 1.28. The van der Waals surface area contributed by atoms with Gasteiger partial charge in [-0.2, -0.15) is 0 Å². The number of hydrogen-bond donors (Lipinski definition) is 1. The maximum Gasteiger partial charge on any atom is 0.122 e. The Labute approximate surface area is 113 Å². The van der Waals surface area contributed by atoms with E-state index in [9.17, 15) is 0 Å². The molecule has 0 spiro atoms. The summed E-state index contributed by atoms with van der Waals surface area (Å²) in [6.45, 7) is 4.07. The van der Waals surface area contributed by atoms with Crippen molar-refractivity contribution >= 4 is 11.8 Å². The Bertz CT molecular complexity index is 564. The fourth-order valence-corrected chi connectivity index (χ4v) is 1.77. The largest absolute Gasteiger partial charge is 0.372 e. The van der Waals surface area contributed by atoms with Crippen LogP contribution in [0.15, 0.2) is 54.8 Å². The Hall–Kier alpha value is -2.26. The molecule has 2 N–H and O–H groups in total. The zero-order valence-corrected chi connectivity index (χ0v) is 11.2. The van der Waals surface area contributed by atoms with E-state index in [1.54, 1.807) is 6.26 Å². The van der Waals surface area contributed by atoms with Crippen LogP contribution in [0.2, 0.25) is 0 Å². The number of hydrazine groups is 1. The summed E-state index contributed by atoms with van der Waals surface area (Å²) >= 11 is 0. The van der Waals surface area contributed by atoms with Crippen molar-refractivity contribution in [3.05, 3.63) is 71.5 Å². The van der Waals surface area contributed by atoms with Gasteiger partial charge in [0.05, 0.1) is 5.69 Å². The molecule has 0 aliphatic heterocycles. The highest BCUT2D eigenvalue weighted by molar-refractivity contribution is 5.54. The first-order chi connectivity index (χ1) is 9.18. The number of benzene rings is 2. The van der Waals surface area contributed by atoms with E-state index in [-0.39, 0.29) is 0 Å². The summed E-state index contributed by atoms with van der Waals surface area (Å²) in [5.74, 6) is 5.89. The number of aryl methyl sites for hydroxylation is 1. The molecule has 0 bridgehead atoms. The molecule has 0 aromatic heterocycles. The van der Waals surface area contributed by atoms with E-state index >= 15 is 0 Å². The van der Waals surface area contributed by atoms with Crippen molar-refractivity contribution in [1.82, 2.24) is 0 Å². The maximum atomic E-state index is 5.89. The molecule has 0 radical (unpaired) electrons. The molecular weight excluding hydrogens is 236 g/mol. The van der Waals surface area contributed by atoms with Crippen molar-refractivity contribution in [2.24, 2.45) is 5.84 Å². The molecule has 0 fully saturated rings. The SMILES string of the molecule is Cc1cccc(N(N)OC=Cc2ccccc2)c1C. The van der Waals surface area contributed by atoms with Crippen LogP contribution in [0, 0.1) is 13.8 Å². The van der Waals surface area contributed by atoms with Gasteiger partial charge in [-0.15, -0.1) is 5.17 Å². The predicted molar refractivity (Wildman–Crippen MR) is 79.1 cm³/mol. The Kier molecular flexibility index (Phi) is 4.21. The minimum absolute atomic E-state index is 0.859. The third-order valence-corrected chi connectivity index (χ3v) is 3.05. The van der Waals surface area contributed by atoms with E-state index in [0.717, 1.165) is 16.8 Å². The van der Waals surface area contributed by atoms with Crippen LogP contribution in [-0.4, -0.2) is 0 Å². The van der Waals surface area contributed by atoms with Crippen molar-refractivity contribution in [1.29, 1.82) is 0 Å². The van der Waals surface area contributed by atoms with Crippen molar-refractivity contribution < 1.29 is 4.84 Å². The van der Waals surface area contributed by atoms with Crippen LogP contribution in [0.3, 0.4) is 0 Å². The van der Waals surface area contributed by atoms with Crippen LogP contribution < -0.4 is 11.0 Å². The molecule has 3 nitrogen and oxygen atoms in total. The first-order valence-corrected chi connectivity index (χ1v) is 6.18. The van der Waals surface area contributed by atoms with Gasteiger partial charge in [-0.25, -0.2) is 5.84 Å². The molecule has 3 heteroatoms. The maximum absolute atomic E-state index is 5.89. The van der Waals surface area contributed by atoms with Crippen molar-refractivity contribution in [2.75, 3.05) is 5.17 Å². The molecule has 2 aromatic rings. The van der Waals surface area contributed by atoms with Crippen LogP contribution in [0.25, 0.3) is 6.08 Å². The average Bonchev–Trinajstić information content (AvgIpc) is 2.43. The van der Waals surface area contributed by atoms with E-state index in [1.807, 2.05) is 68.5 Å².